The largest absolute Gasteiger partial charge is 0.463 e. The van der Waals surface area contributed by atoms with Crippen LogP contribution in [-0.2, 0) is 13.1 Å². The van der Waals surface area contributed by atoms with Gasteiger partial charge in [0, 0.05) is 25.2 Å². The predicted molar refractivity (Wildman–Crippen MR) is 75.9 cm³/mol. The normalized spacial score (nSPS) is 28.7. The molecule has 1 aromatic rings. The highest BCUT2D eigenvalue weighted by molar-refractivity contribution is 5.07. The fourth-order valence-electron chi connectivity index (χ4n) is 3.52. The second kappa shape index (κ2) is 5.65. The summed E-state index contributed by atoms with van der Waals surface area (Å²) in [5, 5.41) is 3.12. The quantitative estimate of drug-likeness (QED) is 0.895. The smallest absolute Gasteiger partial charge is 0.118 e. The van der Waals surface area contributed by atoms with Crippen LogP contribution in [0.1, 0.15) is 30.8 Å². The molecule has 2 fully saturated rings. The Kier molecular flexibility index (Phi) is 3.91. The Bertz CT molecular complexity index is 417. The standard InChI is InChI=1S/C15H25N3O/c1-16-9-14-5-6-15(19-14)11-18-8-7-12-3-4-13(10-18)17(12)2/h5-6,12-13,16H,3-4,7-11H2,1-2H3. The van der Waals surface area contributed by atoms with E-state index < -0.39 is 0 Å². The summed E-state index contributed by atoms with van der Waals surface area (Å²) in [6.07, 6.45) is 4.06. The highest BCUT2D eigenvalue weighted by atomic mass is 16.3. The van der Waals surface area contributed by atoms with E-state index in [9.17, 15) is 0 Å². The molecule has 3 heterocycles. The van der Waals surface area contributed by atoms with Crippen LogP contribution in [0.4, 0.5) is 0 Å². The first-order valence-corrected chi connectivity index (χ1v) is 7.42. The first-order valence-electron chi connectivity index (χ1n) is 7.42. The molecule has 0 spiro atoms. The Labute approximate surface area is 115 Å². The van der Waals surface area contributed by atoms with Crippen LogP contribution in [-0.4, -0.2) is 49.1 Å². The van der Waals surface area contributed by atoms with Gasteiger partial charge in [-0.2, -0.15) is 0 Å². The molecule has 0 amide bonds. The van der Waals surface area contributed by atoms with Gasteiger partial charge >= 0.3 is 0 Å². The molecule has 19 heavy (non-hydrogen) atoms. The summed E-state index contributed by atoms with van der Waals surface area (Å²) in [5.74, 6) is 2.14. The van der Waals surface area contributed by atoms with Crippen LogP contribution in [0.5, 0.6) is 0 Å². The molecule has 2 saturated heterocycles. The van der Waals surface area contributed by atoms with Crippen molar-refractivity contribution in [1.29, 1.82) is 0 Å². The lowest BCUT2D eigenvalue weighted by Crippen LogP contribution is -2.36. The van der Waals surface area contributed by atoms with Crippen molar-refractivity contribution in [3.63, 3.8) is 0 Å². The lowest BCUT2D eigenvalue weighted by atomic mass is 10.1. The Morgan fingerprint density at radius 1 is 1.21 bits per heavy atom. The number of rotatable bonds is 4. The van der Waals surface area contributed by atoms with E-state index in [2.05, 4.69) is 34.3 Å². The molecule has 0 radical (unpaired) electrons. The number of hydrogen-bond donors (Lipinski definition) is 1. The Morgan fingerprint density at radius 2 is 2.00 bits per heavy atom. The molecule has 2 aliphatic rings. The molecule has 1 aromatic heterocycles. The third-order valence-corrected chi connectivity index (χ3v) is 4.68. The maximum absolute atomic E-state index is 5.86. The van der Waals surface area contributed by atoms with Crippen LogP contribution in [0.2, 0.25) is 0 Å². The number of fused-ring (bicyclic) bond motifs is 2. The average molecular weight is 263 g/mol. The first kappa shape index (κ1) is 13.2. The zero-order valence-electron chi connectivity index (χ0n) is 12.1. The minimum atomic E-state index is 0.749. The second-order valence-corrected chi connectivity index (χ2v) is 5.97. The van der Waals surface area contributed by atoms with Crippen molar-refractivity contribution in [2.75, 3.05) is 27.2 Å². The van der Waals surface area contributed by atoms with Crippen LogP contribution < -0.4 is 5.32 Å². The summed E-state index contributed by atoms with van der Waals surface area (Å²) in [6, 6.07) is 5.77. The Balaban J connectivity index is 1.60. The average Bonchev–Trinajstić information content (AvgIpc) is 2.90. The lowest BCUT2D eigenvalue weighted by molar-refractivity contribution is 0.203. The van der Waals surface area contributed by atoms with Gasteiger partial charge < -0.3 is 9.73 Å². The molecular formula is C15H25N3O. The molecule has 2 bridgehead atoms. The molecule has 2 aliphatic heterocycles. The molecular weight excluding hydrogens is 238 g/mol. The van der Waals surface area contributed by atoms with Crippen molar-refractivity contribution in [1.82, 2.24) is 15.1 Å². The van der Waals surface area contributed by atoms with Gasteiger partial charge in [-0.3, -0.25) is 9.80 Å². The van der Waals surface area contributed by atoms with Gasteiger partial charge in [0.25, 0.3) is 0 Å². The van der Waals surface area contributed by atoms with E-state index in [0.29, 0.717) is 0 Å². The van der Waals surface area contributed by atoms with E-state index in [1.165, 1.54) is 32.4 Å². The van der Waals surface area contributed by atoms with Crippen molar-refractivity contribution in [3.05, 3.63) is 23.7 Å². The maximum atomic E-state index is 5.86. The fourth-order valence-corrected chi connectivity index (χ4v) is 3.52. The van der Waals surface area contributed by atoms with Crippen molar-refractivity contribution in [2.45, 2.75) is 44.4 Å². The summed E-state index contributed by atoms with van der Waals surface area (Å²) in [6.45, 7) is 4.16. The summed E-state index contributed by atoms with van der Waals surface area (Å²) < 4.78 is 5.86. The van der Waals surface area contributed by atoms with E-state index in [-0.39, 0.29) is 0 Å². The molecule has 0 saturated carbocycles. The molecule has 0 aromatic carbocycles. The van der Waals surface area contributed by atoms with Gasteiger partial charge in [0.1, 0.15) is 11.5 Å². The van der Waals surface area contributed by atoms with E-state index in [4.69, 9.17) is 4.42 Å². The zero-order chi connectivity index (χ0) is 13.2. The molecule has 0 aliphatic carbocycles. The van der Waals surface area contributed by atoms with Gasteiger partial charge in [0.15, 0.2) is 0 Å². The molecule has 3 rings (SSSR count). The molecule has 4 nitrogen and oxygen atoms in total. The molecule has 106 valence electrons. The number of hydrogen-bond acceptors (Lipinski definition) is 4. The van der Waals surface area contributed by atoms with E-state index >= 15 is 0 Å². The number of nitrogens with zero attached hydrogens (tertiary/aromatic N) is 2. The van der Waals surface area contributed by atoms with Crippen molar-refractivity contribution < 1.29 is 4.42 Å². The van der Waals surface area contributed by atoms with E-state index in [1.807, 2.05) is 7.05 Å². The van der Waals surface area contributed by atoms with Gasteiger partial charge in [0.2, 0.25) is 0 Å². The molecule has 2 unspecified atom stereocenters. The van der Waals surface area contributed by atoms with Gasteiger partial charge in [-0.1, -0.05) is 0 Å². The van der Waals surface area contributed by atoms with Gasteiger partial charge in [0.05, 0.1) is 13.1 Å². The first-order chi connectivity index (χ1) is 9.26. The SMILES string of the molecule is CNCc1ccc(CN2CCC3CCC(C2)N3C)o1. The maximum Gasteiger partial charge on any atom is 0.118 e. The summed E-state index contributed by atoms with van der Waals surface area (Å²) in [4.78, 5) is 5.15. The van der Waals surface area contributed by atoms with Gasteiger partial charge in [-0.05, 0) is 45.5 Å². The lowest BCUT2D eigenvalue weighted by Gasteiger charge is -2.24. The number of furan rings is 1. The molecule has 4 heteroatoms. The monoisotopic (exact) mass is 263 g/mol. The number of likely N-dealkylation sites (N-methyl/N-ethyl adjacent to an activating group) is 1. The van der Waals surface area contributed by atoms with Crippen LogP contribution >= 0.6 is 0 Å². The second-order valence-electron chi connectivity index (χ2n) is 5.97. The van der Waals surface area contributed by atoms with E-state index in [1.54, 1.807) is 0 Å². The minimum absolute atomic E-state index is 0.749. The van der Waals surface area contributed by atoms with Gasteiger partial charge in [-0.15, -0.1) is 0 Å². The van der Waals surface area contributed by atoms with Crippen LogP contribution in [0.3, 0.4) is 0 Å². The van der Waals surface area contributed by atoms with Crippen molar-refractivity contribution >= 4 is 0 Å². The number of likely N-dealkylation sites (tertiary alicyclic amines) is 1. The van der Waals surface area contributed by atoms with Crippen LogP contribution in [0, 0.1) is 0 Å². The third-order valence-electron chi connectivity index (χ3n) is 4.68. The predicted octanol–water partition coefficient (Wildman–Crippen LogP) is 1.67. The minimum Gasteiger partial charge on any atom is -0.463 e. The third kappa shape index (κ3) is 2.86. The fraction of sp³-hybridized carbons (Fsp3) is 0.733. The molecule has 1 N–H and O–H groups in total. The summed E-state index contributed by atoms with van der Waals surface area (Å²) >= 11 is 0. The summed E-state index contributed by atoms with van der Waals surface area (Å²) in [7, 11) is 4.24. The topological polar surface area (TPSA) is 31.6 Å². The summed E-state index contributed by atoms with van der Waals surface area (Å²) in [5.41, 5.74) is 0. The van der Waals surface area contributed by atoms with Gasteiger partial charge in [-0.25, -0.2) is 0 Å². The van der Waals surface area contributed by atoms with Crippen molar-refractivity contribution in [2.24, 2.45) is 0 Å². The Morgan fingerprint density at radius 3 is 2.84 bits per heavy atom. The highest BCUT2D eigenvalue weighted by Crippen LogP contribution is 2.29. The van der Waals surface area contributed by atoms with Crippen LogP contribution in [0.25, 0.3) is 0 Å². The zero-order valence-corrected chi connectivity index (χ0v) is 12.1. The molecule has 2 atom stereocenters. The van der Waals surface area contributed by atoms with E-state index in [0.717, 1.165) is 36.7 Å². The van der Waals surface area contributed by atoms with Crippen LogP contribution in [0.15, 0.2) is 16.5 Å². The number of nitrogens with one attached hydrogen (secondary N) is 1. The Hall–Kier alpha value is -0.840. The van der Waals surface area contributed by atoms with Crippen molar-refractivity contribution in [3.8, 4) is 0 Å². The highest BCUT2D eigenvalue weighted by Gasteiger charge is 2.34.